The minimum Gasteiger partial charge on any atom is -0.497 e. The van der Waals surface area contributed by atoms with Gasteiger partial charge in [0.1, 0.15) is 5.75 Å². The molecule has 0 fully saturated rings. The van der Waals surface area contributed by atoms with Gasteiger partial charge < -0.3 is 10.1 Å². The SMILES string of the molecule is COc1ccc(Br)c(C(=O)Nc2cc(C)c(Br)c(C)c2)c1. The first kappa shape index (κ1) is 16.0. The number of carbonyl (C=O) groups is 1. The molecule has 21 heavy (non-hydrogen) atoms. The molecule has 0 aliphatic rings. The first-order valence-electron chi connectivity index (χ1n) is 6.34. The minimum absolute atomic E-state index is 0.179. The molecule has 0 aliphatic heterocycles. The molecule has 2 rings (SSSR count). The van der Waals surface area contributed by atoms with Crippen LogP contribution in [0.1, 0.15) is 21.5 Å². The second kappa shape index (κ2) is 6.62. The van der Waals surface area contributed by atoms with Crippen LogP contribution >= 0.6 is 31.9 Å². The third-order valence-electron chi connectivity index (χ3n) is 3.11. The van der Waals surface area contributed by atoms with Crippen molar-refractivity contribution in [1.82, 2.24) is 0 Å². The molecule has 5 heteroatoms. The summed E-state index contributed by atoms with van der Waals surface area (Å²) in [5, 5.41) is 2.91. The Bertz CT molecular complexity index is 676. The predicted octanol–water partition coefficient (Wildman–Crippen LogP) is 5.09. The third kappa shape index (κ3) is 3.66. The van der Waals surface area contributed by atoms with E-state index in [4.69, 9.17) is 4.74 Å². The number of ether oxygens (including phenoxy) is 1. The maximum Gasteiger partial charge on any atom is 0.256 e. The Morgan fingerprint density at radius 2 is 1.71 bits per heavy atom. The summed E-state index contributed by atoms with van der Waals surface area (Å²) < 4.78 is 6.94. The second-order valence-corrected chi connectivity index (χ2v) is 6.37. The van der Waals surface area contributed by atoms with Gasteiger partial charge in [-0.05, 0) is 71.2 Å². The van der Waals surface area contributed by atoms with Crippen molar-refractivity contribution in [3.05, 3.63) is 56.0 Å². The highest BCUT2D eigenvalue weighted by atomic mass is 79.9. The molecule has 0 saturated carbocycles. The van der Waals surface area contributed by atoms with Crippen LogP contribution < -0.4 is 10.1 Å². The average molecular weight is 413 g/mol. The van der Waals surface area contributed by atoms with Crippen LogP contribution in [0, 0.1) is 13.8 Å². The van der Waals surface area contributed by atoms with E-state index >= 15 is 0 Å². The van der Waals surface area contributed by atoms with Gasteiger partial charge in [-0.3, -0.25) is 4.79 Å². The molecule has 0 spiro atoms. The van der Waals surface area contributed by atoms with Crippen LogP contribution in [-0.2, 0) is 0 Å². The molecule has 0 unspecified atom stereocenters. The van der Waals surface area contributed by atoms with E-state index in [-0.39, 0.29) is 5.91 Å². The number of amides is 1. The highest BCUT2D eigenvalue weighted by Crippen LogP contribution is 2.27. The predicted molar refractivity (Wildman–Crippen MR) is 92.3 cm³/mol. The summed E-state index contributed by atoms with van der Waals surface area (Å²) in [6.45, 7) is 3.99. The Morgan fingerprint density at radius 3 is 2.29 bits per heavy atom. The Balaban J connectivity index is 2.30. The zero-order valence-corrected chi connectivity index (χ0v) is 15.1. The standard InChI is InChI=1S/C16H15Br2NO2/c1-9-6-11(7-10(2)15(9)18)19-16(20)13-8-12(21-3)4-5-14(13)17/h4-8H,1-3H3,(H,19,20). The minimum atomic E-state index is -0.179. The van der Waals surface area contributed by atoms with Crippen LogP contribution in [0.4, 0.5) is 5.69 Å². The number of rotatable bonds is 3. The fourth-order valence-electron chi connectivity index (χ4n) is 2.02. The summed E-state index contributed by atoms with van der Waals surface area (Å²) >= 11 is 6.91. The van der Waals surface area contributed by atoms with Gasteiger partial charge in [0.2, 0.25) is 0 Å². The van der Waals surface area contributed by atoms with Crippen LogP contribution in [0.2, 0.25) is 0 Å². The zero-order valence-electron chi connectivity index (χ0n) is 12.0. The summed E-state index contributed by atoms with van der Waals surface area (Å²) in [7, 11) is 1.58. The molecule has 2 aromatic carbocycles. The van der Waals surface area contributed by atoms with Gasteiger partial charge in [0.15, 0.2) is 0 Å². The van der Waals surface area contributed by atoms with Gasteiger partial charge in [-0.15, -0.1) is 0 Å². The maximum absolute atomic E-state index is 12.4. The van der Waals surface area contributed by atoms with E-state index in [1.807, 2.05) is 26.0 Å². The van der Waals surface area contributed by atoms with Gasteiger partial charge in [0.05, 0.1) is 12.7 Å². The lowest BCUT2D eigenvalue weighted by Crippen LogP contribution is -2.13. The summed E-state index contributed by atoms with van der Waals surface area (Å²) in [6.07, 6.45) is 0. The van der Waals surface area contributed by atoms with E-state index in [1.165, 1.54) is 0 Å². The van der Waals surface area contributed by atoms with E-state index < -0.39 is 0 Å². The van der Waals surface area contributed by atoms with Crippen molar-refractivity contribution >= 4 is 43.5 Å². The molecule has 0 bridgehead atoms. The lowest BCUT2D eigenvalue weighted by Gasteiger charge is -2.11. The third-order valence-corrected chi connectivity index (χ3v) is 5.05. The molecule has 0 heterocycles. The molecule has 0 aliphatic carbocycles. The molecule has 0 radical (unpaired) electrons. The van der Waals surface area contributed by atoms with Crippen molar-refractivity contribution in [3.63, 3.8) is 0 Å². The van der Waals surface area contributed by atoms with Crippen molar-refractivity contribution in [3.8, 4) is 5.75 Å². The van der Waals surface area contributed by atoms with Crippen LogP contribution in [0.25, 0.3) is 0 Å². The van der Waals surface area contributed by atoms with Gasteiger partial charge in [-0.2, -0.15) is 0 Å². The lowest BCUT2D eigenvalue weighted by molar-refractivity contribution is 0.102. The molecule has 0 atom stereocenters. The van der Waals surface area contributed by atoms with Crippen LogP contribution in [-0.4, -0.2) is 13.0 Å². The van der Waals surface area contributed by atoms with Crippen LogP contribution in [0.5, 0.6) is 5.75 Å². The molecule has 3 nitrogen and oxygen atoms in total. The van der Waals surface area contributed by atoms with Gasteiger partial charge in [-0.25, -0.2) is 0 Å². The number of carbonyl (C=O) groups excluding carboxylic acids is 1. The average Bonchev–Trinajstić information content (AvgIpc) is 2.45. The van der Waals surface area contributed by atoms with E-state index in [0.717, 1.165) is 25.8 Å². The topological polar surface area (TPSA) is 38.3 Å². The molecule has 1 N–H and O–H groups in total. The van der Waals surface area contributed by atoms with E-state index in [9.17, 15) is 4.79 Å². The molecule has 1 amide bonds. The number of hydrogen-bond acceptors (Lipinski definition) is 2. The smallest absolute Gasteiger partial charge is 0.256 e. The molecular weight excluding hydrogens is 398 g/mol. The molecule has 0 saturated heterocycles. The Kier molecular flexibility index (Phi) is 5.06. The number of aryl methyl sites for hydroxylation is 2. The Hall–Kier alpha value is -1.33. The van der Waals surface area contributed by atoms with Crippen molar-refractivity contribution in [2.45, 2.75) is 13.8 Å². The van der Waals surface area contributed by atoms with Crippen LogP contribution in [0.3, 0.4) is 0 Å². The summed E-state index contributed by atoms with van der Waals surface area (Å²) in [5.41, 5.74) is 3.46. The van der Waals surface area contributed by atoms with Gasteiger partial charge in [0.25, 0.3) is 5.91 Å². The van der Waals surface area contributed by atoms with Crippen molar-refractivity contribution in [2.24, 2.45) is 0 Å². The fourth-order valence-corrected chi connectivity index (χ4v) is 2.68. The largest absolute Gasteiger partial charge is 0.497 e. The van der Waals surface area contributed by atoms with E-state index in [2.05, 4.69) is 37.2 Å². The van der Waals surface area contributed by atoms with Gasteiger partial charge in [0, 0.05) is 14.6 Å². The second-order valence-electron chi connectivity index (χ2n) is 4.72. The zero-order chi connectivity index (χ0) is 15.6. The Morgan fingerprint density at radius 1 is 1.10 bits per heavy atom. The Labute approximate surface area is 141 Å². The van der Waals surface area contributed by atoms with Crippen molar-refractivity contribution < 1.29 is 9.53 Å². The van der Waals surface area contributed by atoms with Crippen LogP contribution in [0.15, 0.2) is 39.3 Å². The number of nitrogens with one attached hydrogen (secondary N) is 1. The highest BCUT2D eigenvalue weighted by Gasteiger charge is 2.12. The number of benzene rings is 2. The number of hydrogen-bond donors (Lipinski definition) is 1. The number of halogens is 2. The number of anilines is 1. The first-order chi connectivity index (χ1) is 9.92. The monoisotopic (exact) mass is 411 g/mol. The number of methoxy groups -OCH3 is 1. The first-order valence-corrected chi connectivity index (χ1v) is 7.92. The molecule has 2 aromatic rings. The normalized spacial score (nSPS) is 10.3. The quantitative estimate of drug-likeness (QED) is 0.762. The van der Waals surface area contributed by atoms with Crippen molar-refractivity contribution in [1.29, 1.82) is 0 Å². The summed E-state index contributed by atoms with van der Waals surface area (Å²) in [5.74, 6) is 0.466. The maximum atomic E-state index is 12.4. The van der Waals surface area contributed by atoms with E-state index in [1.54, 1.807) is 25.3 Å². The molecule has 0 aromatic heterocycles. The summed E-state index contributed by atoms with van der Waals surface area (Å²) in [4.78, 5) is 12.4. The highest BCUT2D eigenvalue weighted by molar-refractivity contribution is 9.10. The van der Waals surface area contributed by atoms with Gasteiger partial charge >= 0.3 is 0 Å². The van der Waals surface area contributed by atoms with Crippen molar-refractivity contribution in [2.75, 3.05) is 12.4 Å². The molecule has 110 valence electrons. The van der Waals surface area contributed by atoms with Gasteiger partial charge in [-0.1, -0.05) is 15.9 Å². The van der Waals surface area contributed by atoms with E-state index in [0.29, 0.717) is 11.3 Å². The summed E-state index contributed by atoms with van der Waals surface area (Å²) in [6, 6.07) is 9.17. The lowest BCUT2D eigenvalue weighted by atomic mass is 10.1. The molecular formula is C16H15Br2NO2. The fraction of sp³-hybridized carbons (Fsp3) is 0.188.